The van der Waals surface area contributed by atoms with Gasteiger partial charge in [0.05, 0.1) is 44.8 Å². The normalized spacial score (nSPS) is 16.0. The summed E-state index contributed by atoms with van der Waals surface area (Å²) in [6, 6.07) is 62.8. The summed E-state index contributed by atoms with van der Waals surface area (Å²) in [5, 5.41) is 7.17. The molecule has 0 spiro atoms. The first kappa shape index (κ1) is 31.3. The number of allylic oxidation sites excluding steroid dienone is 2. The van der Waals surface area contributed by atoms with Crippen LogP contribution in [0, 0.1) is 12.1 Å². The highest BCUT2D eigenvalue weighted by Gasteiger charge is 2.38. The van der Waals surface area contributed by atoms with Crippen molar-refractivity contribution in [3.05, 3.63) is 200 Å². The van der Waals surface area contributed by atoms with Crippen molar-refractivity contribution in [2.24, 2.45) is 0 Å². The molecule has 270 valence electrons. The highest BCUT2D eigenvalue weighted by Crippen LogP contribution is 2.47. The number of aromatic nitrogens is 5. The Labute approximate surface area is 333 Å². The topological polar surface area (TPSA) is 43.8 Å². The number of fused-ring (bicyclic) bond motifs is 12. The molecule has 0 fully saturated rings. The predicted molar refractivity (Wildman–Crippen MR) is 236 cm³/mol. The van der Waals surface area contributed by atoms with E-state index in [0.29, 0.717) is 0 Å². The fourth-order valence-electron chi connectivity index (χ4n) is 9.83. The molecule has 2 unspecified atom stereocenters. The Morgan fingerprint density at radius 3 is 1.45 bits per heavy atom. The summed E-state index contributed by atoms with van der Waals surface area (Å²) < 4.78 is 6.94. The van der Waals surface area contributed by atoms with E-state index in [2.05, 4.69) is 207 Å². The molecule has 6 nitrogen and oxygen atoms in total. The van der Waals surface area contributed by atoms with E-state index in [1.807, 2.05) is 6.07 Å². The van der Waals surface area contributed by atoms with Crippen LogP contribution in [0.2, 0.25) is 0 Å². The van der Waals surface area contributed by atoms with E-state index in [0.717, 1.165) is 67.6 Å². The number of hydrogen-bond acceptors (Lipinski definition) is 3. The van der Waals surface area contributed by atoms with E-state index in [-0.39, 0.29) is 12.0 Å². The molecule has 6 heterocycles. The highest BCUT2D eigenvalue weighted by molar-refractivity contribution is 6.19. The van der Waals surface area contributed by atoms with Crippen LogP contribution in [0.4, 0.5) is 11.5 Å². The summed E-state index contributed by atoms with van der Waals surface area (Å²) in [5.41, 5.74) is 8.95. The molecule has 6 heteroatoms. The number of anilines is 2. The van der Waals surface area contributed by atoms with Gasteiger partial charge in [-0.15, -0.1) is 0 Å². The van der Waals surface area contributed by atoms with Gasteiger partial charge < -0.3 is 4.90 Å². The molecule has 0 N–H and O–H groups in total. The van der Waals surface area contributed by atoms with Gasteiger partial charge in [0.1, 0.15) is 23.3 Å². The molecule has 0 bridgehead atoms. The number of pyridine rings is 2. The third-order valence-corrected chi connectivity index (χ3v) is 12.2. The SMILES string of the molecule is c1ccc2c(c#1)C1C=CC=CC1N2c1cccc(-n2c3ccccc3c3cc4c5ccccc5n(-c5cccc(-n6c7ccccc7c7ccccc76)n5)c4cc32)n1. The third kappa shape index (κ3) is 4.27. The average molecular weight is 741 g/mol. The molecular weight excluding hydrogens is 709 g/mol. The monoisotopic (exact) mass is 740 g/mol. The fourth-order valence-corrected chi connectivity index (χ4v) is 9.83. The summed E-state index contributed by atoms with van der Waals surface area (Å²) >= 11 is 0. The van der Waals surface area contributed by atoms with Gasteiger partial charge >= 0.3 is 0 Å². The zero-order chi connectivity index (χ0) is 37.9. The van der Waals surface area contributed by atoms with E-state index >= 15 is 0 Å². The molecule has 6 aromatic carbocycles. The molecular formula is C52H32N6. The maximum atomic E-state index is 5.47. The average Bonchev–Trinajstić information content (AvgIpc) is 4.00. The lowest BCUT2D eigenvalue weighted by Gasteiger charge is -2.27. The molecule has 1 aliphatic carbocycles. The Bertz CT molecular complexity index is 3510. The van der Waals surface area contributed by atoms with Crippen LogP contribution in [-0.2, 0) is 0 Å². The molecule has 11 aromatic rings. The number of nitrogens with zero attached hydrogens (tertiary/aromatic N) is 6. The van der Waals surface area contributed by atoms with E-state index in [1.165, 1.54) is 32.3 Å². The first-order valence-electron chi connectivity index (χ1n) is 19.8. The Kier molecular flexibility index (Phi) is 6.38. The second-order valence-corrected chi connectivity index (χ2v) is 15.2. The van der Waals surface area contributed by atoms with Gasteiger partial charge in [0.15, 0.2) is 0 Å². The standard InChI is InChI=1S/C52H32N6/c1-7-21-41-33(15-1)34-16-2-8-22-42(34)55(41)49-27-13-29-51(53-49)57-45-25-11-5-19-37(45)39-31-40-38-20-6-12-26-46(38)58(48(40)32-47(39)57)52-30-14-28-50(54-52)56-43-23-9-3-17-35(43)36-18-4-10-24-44(36)56/h1-3,5-17,19-32,35,43H. The minimum Gasteiger partial charge on any atom is -0.317 e. The van der Waals surface area contributed by atoms with E-state index in [9.17, 15) is 0 Å². The molecule has 1 aliphatic heterocycles. The number of benzene rings is 5. The lowest BCUT2D eigenvalue weighted by Crippen LogP contribution is -2.29. The van der Waals surface area contributed by atoms with Crippen molar-refractivity contribution in [3.63, 3.8) is 0 Å². The lowest BCUT2D eigenvalue weighted by molar-refractivity contribution is 0.737. The summed E-state index contributed by atoms with van der Waals surface area (Å²) in [4.78, 5) is 13.3. The maximum Gasteiger partial charge on any atom is 0.140 e. The first-order chi connectivity index (χ1) is 28.8. The summed E-state index contributed by atoms with van der Waals surface area (Å²) in [5.74, 6) is 3.70. The summed E-state index contributed by atoms with van der Waals surface area (Å²) in [7, 11) is 0. The van der Waals surface area contributed by atoms with Gasteiger partial charge in [-0.1, -0.05) is 121 Å². The van der Waals surface area contributed by atoms with Gasteiger partial charge in [-0.25, -0.2) is 9.97 Å². The third-order valence-electron chi connectivity index (χ3n) is 12.2. The van der Waals surface area contributed by atoms with Crippen molar-refractivity contribution in [1.29, 1.82) is 0 Å². The molecule has 5 aromatic heterocycles. The summed E-state index contributed by atoms with van der Waals surface area (Å²) in [6.45, 7) is 0. The minimum absolute atomic E-state index is 0.120. The Morgan fingerprint density at radius 2 is 0.879 bits per heavy atom. The largest absolute Gasteiger partial charge is 0.317 e. The zero-order valence-electron chi connectivity index (χ0n) is 31.2. The van der Waals surface area contributed by atoms with Crippen molar-refractivity contribution in [3.8, 4) is 17.5 Å². The molecule has 58 heavy (non-hydrogen) atoms. The minimum atomic E-state index is 0.120. The van der Waals surface area contributed by atoms with Gasteiger partial charge in [-0.05, 0) is 72.8 Å². The zero-order valence-corrected chi connectivity index (χ0v) is 31.2. The Morgan fingerprint density at radius 1 is 0.414 bits per heavy atom. The first-order valence-corrected chi connectivity index (χ1v) is 19.8. The van der Waals surface area contributed by atoms with Crippen molar-refractivity contribution in [2.45, 2.75) is 12.0 Å². The van der Waals surface area contributed by atoms with Gasteiger partial charge in [-0.3, -0.25) is 13.7 Å². The van der Waals surface area contributed by atoms with Crippen LogP contribution in [0.1, 0.15) is 11.5 Å². The molecule has 0 radical (unpaired) electrons. The van der Waals surface area contributed by atoms with Crippen LogP contribution in [0.5, 0.6) is 0 Å². The molecule has 2 atom stereocenters. The highest BCUT2D eigenvalue weighted by atomic mass is 15.3. The fraction of sp³-hybridized carbons (Fsp3) is 0.0385. The smallest absolute Gasteiger partial charge is 0.140 e. The van der Waals surface area contributed by atoms with Gasteiger partial charge in [0, 0.05) is 43.8 Å². The van der Waals surface area contributed by atoms with Gasteiger partial charge in [0.25, 0.3) is 0 Å². The molecule has 13 rings (SSSR count). The number of rotatable bonds is 4. The Hall–Kier alpha value is -7.88. The quantitative estimate of drug-likeness (QED) is 0.180. The van der Waals surface area contributed by atoms with E-state index < -0.39 is 0 Å². The second kappa shape index (κ2) is 11.8. The van der Waals surface area contributed by atoms with Crippen LogP contribution in [0.15, 0.2) is 182 Å². The lowest BCUT2D eigenvalue weighted by atomic mass is 9.92. The Balaban J connectivity index is 1.04. The van der Waals surface area contributed by atoms with Crippen molar-refractivity contribution in [2.75, 3.05) is 4.90 Å². The van der Waals surface area contributed by atoms with Crippen molar-refractivity contribution in [1.82, 2.24) is 23.7 Å². The summed E-state index contributed by atoms with van der Waals surface area (Å²) in [6.07, 6.45) is 8.81. The van der Waals surface area contributed by atoms with Crippen LogP contribution in [0.3, 0.4) is 0 Å². The number of hydrogen-bond donors (Lipinski definition) is 0. The van der Waals surface area contributed by atoms with Crippen LogP contribution in [-0.4, -0.2) is 29.7 Å². The van der Waals surface area contributed by atoms with Crippen LogP contribution >= 0.6 is 0 Å². The van der Waals surface area contributed by atoms with E-state index in [4.69, 9.17) is 9.97 Å². The maximum absolute atomic E-state index is 5.47. The second-order valence-electron chi connectivity index (χ2n) is 15.2. The molecule has 0 saturated carbocycles. The predicted octanol–water partition coefficient (Wildman–Crippen LogP) is 12.1. The van der Waals surface area contributed by atoms with E-state index in [1.54, 1.807) is 0 Å². The van der Waals surface area contributed by atoms with Gasteiger partial charge in [0.2, 0.25) is 0 Å². The molecule has 0 saturated heterocycles. The number of para-hydroxylation sites is 4. The van der Waals surface area contributed by atoms with Gasteiger partial charge in [-0.2, -0.15) is 0 Å². The van der Waals surface area contributed by atoms with Crippen LogP contribution in [0.25, 0.3) is 82.9 Å². The molecule has 0 amide bonds. The molecule has 2 aliphatic rings. The van der Waals surface area contributed by atoms with Crippen molar-refractivity contribution < 1.29 is 0 Å². The van der Waals surface area contributed by atoms with Crippen LogP contribution < -0.4 is 4.90 Å². The van der Waals surface area contributed by atoms with Crippen molar-refractivity contribution >= 4 is 76.9 Å².